The molecule has 0 rings (SSSR count). The summed E-state index contributed by atoms with van der Waals surface area (Å²) in [5.74, 6) is -0.144. The monoisotopic (exact) mass is 200 g/mol. The van der Waals surface area contributed by atoms with Gasteiger partial charge in [-0.1, -0.05) is 13.0 Å². The van der Waals surface area contributed by atoms with Crippen molar-refractivity contribution in [3.8, 4) is 0 Å². The normalized spacial score (nSPS) is 15.9. The fraction of sp³-hybridized carbons (Fsp3) is 0.714. The first-order valence-electron chi connectivity index (χ1n) is 3.45. The van der Waals surface area contributed by atoms with Crippen LogP contribution in [0.3, 0.4) is 0 Å². The zero-order valence-electron chi connectivity index (χ0n) is 7.78. The predicted molar refractivity (Wildman–Crippen MR) is 43.1 cm³/mol. The van der Waals surface area contributed by atoms with Crippen LogP contribution >= 0.6 is 0 Å². The van der Waals surface area contributed by atoms with Gasteiger partial charge in [0.1, 0.15) is 0 Å². The van der Waals surface area contributed by atoms with Crippen molar-refractivity contribution in [3.63, 3.8) is 0 Å². The van der Waals surface area contributed by atoms with Gasteiger partial charge in [0.15, 0.2) is 0 Å². The largest absolute Gasteiger partial charge is 1.00 e. The molecule has 0 heterocycles. The zero-order valence-corrected chi connectivity index (χ0v) is 10.6. The van der Waals surface area contributed by atoms with E-state index in [0.29, 0.717) is 6.42 Å². The van der Waals surface area contributed by atoms with Crippen LogP contribution in [0.2, 0.25) is 0 Å². The maximum Gasteiger partial charge on any atom is 1.00 e. The van der Waals surface area contributed by atoms with Crippen molar-refractivity contribution in [1.29, 1.82) is 0 Å². The summed E-state index contributed by atoms with van der Waals surface area (Å²) in [6, 6.07) is 0. The molecule has 0 N–H and O–H groups in total. The molecule has 0 aromatic carbocycles. The molecule has 3 nitrogen and oxygen atoms in total. The van der Waals surface area contributed by atoms with Gasteiger partial charge < -0.3 is 4.55 Å². The molecule has 5 heteroatoms. The Morgan fingerprint density at radius 3 is 2.17 bits per heavy atom. The number of rotatable bonds is 4. The second kappa shape index (κ2) is 6.16. The third-order valence-electron chi connectivity index (χ3n) is 1.80. The molecule has 0 aliphatic carbocycles. The molecule has 2 atom stereocenters. The van der Waals surface area contributed by atoms with Gasteiger partial charge in [0.25, 0.3) is 0 Å². The SMILES string of the molecule is C=CC[C@H](C)[C@@H](C)S(=O)(=O)[O-].[Na+]. The van der Waals surface area contributed by atoms with Crippen LogP contribution in [-0.2, 0) is 10.1 Å². The van der Waals surface area contributed by atoms with Gasteiger partial charge in [0, 0.05) is 5.25 Å². The first kappa shape index (κ1) is 15.1. The minimum atomic E-state index is -4.12. The molecule has 66 valence electrons. The summed E-state index contributed by atoms with van der Waals surface area (Å²) in [6.07, 6.45) is 2.18. The number of allylic oxidation sites excluding steroid dienone is 1. The Labute approximate surface area is 96.3 Å². The van der Waals surface area contributed by atoms with Gasteiger partial charge in [0.05, 0.1) is 10.1 Å². The molecule has 12 heavy (non-hydrogen) atoms. The maximum atomic E-state index is 10.5. The van der Waals surface area contributed by atoms with Crippen molar-refractivity contribution in [3.05, 3.63) is 12.7 Å². The molecule has 0 aliphatic heterocycles. The first-order chi connectivity index (χ1) is 4.89. The summed E-state index contributed by atoms with van der Waals surface area (Å²) in [5.41, 5.74) is 0. The fourth-order valence-corrected chi connectivity index (χ4v) is 1.42. The Kier molecular flexibility index (Phi) is 7.77. The van der Waals surface area contributed by atoms with Crippen molar-refractivity contribution >= 4 is 10.1 Å². The van der Waals surface area contributed by atoms with Gasteiger partial charge in [-0.3, -0.25) is 0 Å². The van der Waals surface area contributed by atoms with E-state index in [9.17, 15) is 13.0 Å². The van der Waals surface area contributed by atoms with E-state index in [1.165, 1.54) is 6.92 Å². The van der Waals surface area contributed by atoms with Gasteiger partial charge in [-0.25, -0.2) is 8.42 Å². The minimum absolute atomic E-state index is 0. The van der Waals surface area contributed by atoms with Gasteiger partial charge in [-0.2, -0.15) is 0 Å². The average Bonchev–Trinajstić information content (AvgIpc) is 1.85. The second-order valence-corrected chi connectivity index (χ2v) is 4.43. The molecule has 0 fully saturated rings. The molecule has 0 saturated carbocycles. The van der Waals surface area contributed by atoms with Crippen LogP contribution in [0.15, 0.2) is 12.7 Å². The molecule has 0 unspecified atom stereocenters. The maximum absolute atomic E-state index is 10.5. The van der Waals surface area contributed by atoms with Crippen LogP contribution in [-0.4, -0.2) is 18.2 Å². The van der Waals surface area contributed by atoms with Gasteiger partial charge in [0.2, 0.25) is 0 Å². The van der Waals surface area contributed by atoms with Crippen molar-refractivity contribution in [2.45, 2.75) is 25.5 Å². The molecular weight excluding hydrogens is 187 g/mol. The van der Waals surface area contributed by atoms with Crippen LogP contribution in [0.1, 0.15) is 20.3 Å². The van der Waals surface area contributed by atoms with Crippen LogP contribution < -0.4 is 29.6 Å². The van der Waals surface area contributed by atoms with Crippen LogP contribution in [0.25, 0.3) is 0 Å². The Hall–Kier alpha value is 0.650. The van der Waals surface area contributed by atoms with Crippen LogP contribution in [0, 0.1) is 5.92 Å². The summed E-state index contributed by atoms with van der Waals surface area (Å²) in [7, 11) is -4.12. The molecular formula is C7H13NaO3S. The first-order valence-corrected chi connectivity index (χ1v) is 4.92. The average molecular weight is 200 g/mol. The third kappa shape index (κ3) is 5.32. The summed E-state index contributed by atoms with van der Waals surface area (Å²) in [5, 5.41) is -0.819. The van der Waals surface area contributed by atoms with Gasteiger partial charge in [-0.15, -0.1) is 6.58 Å². The summed E-state index contributed by atoms with van der Waals surface area (Å²) < 4.78 is 31.4. The van der Waals surface area contributed by atoms with Crippen molar-refractivity contribution < 1.29 is 42.5 Å². The molecule has 0 aromatic rings. The van der Waals surface area contributed by atoms with E-state index in [1.54, 1.807) is 13.0 Å². The van der Waals surface area contributed by atoms with Gasteiger partial charge >= 0.3 is 29.6 Å². The Morgan fingerprint density at radius 1 is 1.50 bits per heavy atom. The van der Waals surface area contributed by atoms with E-state index in [4.69, 9.17) is 0 Å². The molecule has 0 spiro atoms. The molecule has 0 saturated heterocycles. The Bertz CT molecular complexity index is 223. The summed E-state index contributed by atoms with van der Waals surface area (Å²) >= 11 is 0. The van der Waals surface area contributed by atoms with Crippen LogP contribution in [0.5, 0.6) is 0 Å². The van der Waals surface area contributed by atoms with Gasteiger partial charge in [-0.05, 0) is 19.3 Å². The quantitative estimate of drug-likeness (QED) is 0.304. The Balaban J connectivity index is 0. The zero-order chi connectivity index (χ0) is 9.07. The third-order valence-corrected chi connectivity index (χ3v) is 3.17. The van der Waals surface area contributed by atoms with E-state index in [2.05, 4.69) is 6.58 Å². The Morgan fingerprint density at radius 2 is 1.92 bits per heavy atom. The second-order valence-electron chi connectivity index (χ2n) is 2.70. The standard InChI is InChI=1S/C7H14O3S.Na/c1-4-5-6(2)7(3)11(8,9)10;/h4,6-7H,1,5H2,2-3H3,(H,8,9,10);/q;+1/p-1/t6-,7+;/m0./s1. The summed E-state index contributed by atoms with van der Waals surface area (Å²) in [4.78, 5) is 0. The van der Waals surface area contributed by atoms with Crippen molar-refractivity contribution in [1.82, 2.24) is 0 Å². The summed E-state index contributed by atoms with van der Waals surface area (Å²) in [6.45, 7) is 6.62. The van der Waals surface area contributed by atoms with Crippen molar-refractivity contribution in [2.75, 3.05) is 0 Å². The van der Waals surface area contributed by atoms with E-state index in [0.717, 1.165) is 0 Å². The van der Waals surface area contributed by atoms with Crippen molar-refractivity contribution in [2.24, 2.45) is 5.92 Å². The molecule has 0 radical (unpaired) electrons. The molecule has 0 bridgehead atoms. The van der Waals surface area contributed by atoms with E-state index in [-0.39, 0.29) is 35.5 Å². The topological polar surface area (TPSA) is 57.2 Å². The number of hydrogen-bond donors (Lipinski definition) is 0. The predicted octanol–water partition coefficient (Wildman–Crippen LogP) is -1.86. The molecule has 0 aromatic heterocycles. The van der Waals surface area contributed by atoms with E-state index < -0.39 is 15.4 Å². The minimum Gasteiger partial charge on any atom is -0.748 e. The van der Waals surface area contributed by atoms with E-state index >= 15 is 0 Å². The smallest absolute Gasteiger partial charge is 0.748 e. The van der Waals surface area contributed by atoms with E-state index in [1.807, 2.05) is 0 Å². The van der Waals surface area contributed by atoms with Crippen LogP contribution in [0.4, 0.5) is 0 Å². The molecule has 0 amide bonds. The molecule has 0 aliphatic rings. The fourth-order valence-electron chi connectivity index (χ4n) is 0.739. The number of hydrogen-bond acceptors (Lipinski definition) is 3.